The first kappa shape index (κ1) is 11.6. The molecule has 2 unspecified atom stereocenters. The van der Waals surface area contributed by atoms with Gasteiger partial charge in [-0.2, -0.15) is 0 Å². The first-order chi connectivity index (χ1) is 8.84. The van der Waals surface area contributed by atoms with E-state index in [0.29, 0.717) is 5.92 Å². The Bertz CT molecular complexity index is 530. The molecule has 1 saturated heterocycles. The van der Waals surface area contributed by atoms with Crippen LogP contribution in [-0.4, -0.2) is 18.2 Å². The fourth-order valence-corrected chi connectivity index (χ4v) is 2.69. The van der Waals surface area contributed by atoms with Gasteiger partial charge in [0.25, 0.3) is 0 Å². The first-order valence-corrected chi connectivity index (χ1v) is 6.50. The lowest BCUT2D eigenvalue weighted by Crippen LogP contribution is -2.16. The third kappa shape index (κ3) is 2.24. The number of rotatable bonds is 3. The van der Waals surface area contributed by atoms with Gasteiger partial charge in [0, 0.05) is 37.0 Å². The van der Waals surface area contributed by atoms with E-state index in [0.717, 1.165) is 37.0 Å². The summed E-state index contributed by atoms with van der Waals surface area (Å²) in [4.78, 5) is 4.30. The van der Waals surface area contributed by atoms with Gasteiger partial charge in [0.15, 0.2) is 0 Å². The maximum atomic E-state index is 6.35. The van der Waals surface area contributed by atoms with E-state index >= 15 is 0 Å². The molecule has 0 aliphatic carbocycles. The highest BCUT2D eigenvalue weighted by Crippen LogP contribution is 2.28. The van der Waals surface area contributed by atoms with Gasteiger partial charge in [0.1, 0.15) is 0 Å². The minimum Gasteiger partial charge on any atom is -0.381 e. The third-order valence-electron chi connectivity index (χ3n) is 3.71. The van der Waals surface area contributed by atoms with Crippen LogP contribution in [0.2, 0.25) is 0 Å². The van der Waals surface area contributed by atoms with Crippen LogP contribution < -0.4 is 5.73 Å². The van der Waals surface area contributed by atoms with Gasteiger partial charge in [-0.1, -0.05) is 24.3 Å². The Morgan fingerprint density at radius 1 is 1.33 bits per heavy atom. The van der Waals surface area contributed by atoms with E-state index in [1.54, 1.807) is 0 Å². The molecule has 1 aliphatic heterocycles. The fraction of sp³-hybridized carbons (Fsp3) is 0.400. The fourth-order valence-electron chi connectivity index (χ4n) is 2.69. The first-order valence-electron chi connectivity index (χ1n) is 6.50. The van der Waals surface area contributed by atoms with E-state index in [1.807, 2.05) is 18.5 Å². The summed E-state index contributed by atoms with van der Waals surface area (Å²) in [5, 5.41) is 2.38. The molecule has 0 spiro atoms. The molecule has 1 aromatic carbocycles. The highest BCUT2D eigenvalue weighted by Gasteiger charge is 2.20. The molecular formula is C15H18N2O. The smallest absolute Gasteiger partial charge is 0.0495 e. The Balaban J connectivity index is 1.88. The minimum atomic E-state index is 0.0512. The van der Waals surface area contributed by atoms with Gasteiger partial charge in [0.2, 0.25) is 0 Å². The molecule has 0 amide bonds. The Morgan fingerprint density at radius 2 is 2.22 bits per heavy atom. The lowest BCUT2D eigenvalue weighted by molar-refractivity contribution is 0.182. The molecule has 2 N–H and O–H groups in total. The zero-order valence-corrected chi connectivity index (χ0v) is 10.4. The lowest BCUT2D eigenvalue weighted by atomic mass is 9.93. The molecule has 3 heteroatoms. The number of hydrogen-bond donors (Lipinski definition) is 1. The molecular weight excluding hydrogens is 224 g/mol. The topological polar surface area (TPSA) is 48.1 Å². The molecule has 1 aliphatic rings. The number of ether oxygens (including phenoxy) is 1. The van der Waals surface area contributed by atoms with Gasteiger partial charge in [-0.15, -0.1) is 0 Å². The van der Waals surface area contributed by atoms with Crippen LogP contribution in [0.25, 0.3) is 10.8 Å². The Labute approximate surface area is 107 Å². The normalized spacial score (nSPS) is 21.3. The molecule has 1 fully saturated rings. The van der Waals surface area contributed by atoms with Crippen LogP contribution in [0.5, 0.6) is 0 Å². The second kappa shape index (κ2) is 5.04. The van der Waals surface area contributed by atoms with Gasteiger partial charge >= 0.3 is 0 Å². The summed E-state index contributed by atoms with van der Waals surface area (Å²) in [6.45, 7) is 1.73. The van der Waals surface area contributed by atoms with Crippen molar-refractivity contribution >= 4 is 10.8 Å². The van der Waals surface area contributed by atoms with Crippen LogP contribution in [0.15, 0.2) is 36.7 Å². The van der Waals surface area contributed by atoms with E-state index in [2.05, 4.69) is 23.2 Å². The van der Waals surface area contributed by atoms with Crippen molar-refractivity contribution in [2.45, 2.75) is 18.9 Å². The van der Waals surface area contributed by atoms with E-state index in [4.69, 9.17) is 10.5 Å². The number of benzene rings is 1. The Kier molecular flexibility index (Phi) is 3.26. The molecule has 2 atom stereocenters. The number of hydrogen-bond acceptors (Lipinski definition) is 3. The molecule has 2 heterocycles. The average Bonchev–Trinajstić information content (AvgIpc) is 2.91. The van der Waals surface area contributed by atoms with E-state index in [9.17, 15) is 0 Å². The number of fused-ring (bicyclic) bond motifs is 1. The van der Waals surface area contributed by atoms with Crippen LogP contribution >= 0.6 is 0 Å². The zero-order chi connectivity index (χ0) is 12.4. The van der Waals surface area contributed by atoms with Gasteiger partial charge in [0.05, 0.1) is 0 Å². The Morgan fingerprint density at radius 3 is 3.06 bits per heavy atom. The quantitative estimate of drug-likeness (QED) is 0.900. The molecule has 0 radical (unpaired) electrons. The summed E-state index contributed by atoms with van der Waals surface area (Å²) in [5.74, 6) is 0.596. The molecule has 94 valence electrons. The van der Waals surface area contributed by atoms with Crippen molar-refractivity contribution in [2.75, 3.05) is 13.2 Å². The van der Waals surface area contributed by atoms with Crippen molar-refractivity contribution in [3.63, 3.8) is 0 Å². The van der Waals surface area contributed by atoms with Crippen molar-refractivity contribution in [3.05, 3.63) is 42.2 Å². The second-order valence-corrected chi connectivity index (χ2v) is 5.02. The zero-order valence-electron chi connectivity index (χ0n) is 10.4. The maximum Gasteiger partial charge on any atom is 0.0495 e. The molecule has 1 aromatic heterocycles. The summed E-state index contributed by atoms with van der Waals surface area (Å²) >= 11 is 0. The monoisotopic (exact) mass is 242 g/mol. The van der Waals surface area contributed by atoms with Gasteiger partial charge in [-0.3, -0.25) is 4.98 Å². The van der Waals surface area contributed by atoms with Crippen LogP contribution in [0.3, 0.4) is 0 Å². The van der Waals surface area contributed by atoms with Crippen molar-refractivity contribution in [3.8, 4) is 0 Å². The molecule has 3 rings (SSSR count). The number of nitrogens with zero attached hydrogens (tertiary/aromatic N) is 1. The van der Waals surface area contributed by atoms with Crippen molar-refractivity contribution in [1.82, 2.24) is 4.98 Å². The summed E-state index contributed by atoms with van der Waals surface area (Å²) in [5.41, 5.74) is 7.50. The molecule has 0 saturated carbocycles. The van der Waals surface area contributed by atoms with E-state index in [1.165, 1.54) is 5.39 Å². The van der Waals surface area contributed by atoms with Crippen molar-refractivity contribution in [1.29, 1.82) is 0 Å². The summed E-state index contributed by atoms with van der Waals surface area (Å²) in [6.07, 6.45) is 5.91. The average molecular weight is 242 g/mol. The summed E-state index contributed by atoms with van der Waals surface area (Å²) in [7, 11) is 0. The molecule has 18 heavy (non-hydrogen) atoms. The van der Waals surface area contributed by atoms with Crippen molar-refractivity contribution < 1.29 is 4.74 Å². The van der Waals surface area contributed by atoms with Gasteiger partial charge in [-0.25, -0.2) is 0 Å². The standard InChI is InChI=1S/C15H18N2O/c16-15(7-11-5-6-18-10-11)14-9-17-8-12-3-1-2-4-13(12)14/h1-4,8-9,11,15H,5-7,10,16H2. The Hall–Kier alpha value is -1.45. The number of pyridine rings is 1. The van der Waals surface area contributed by atoms with E-state index < -0.39 is 0 Å². The van der Waals surface area contributed by atoms with Crippen LogP contribution in [0.1, 0.15) is 24.4 Å². The largest absolute Gasteiger partial charge is 0.381 e. The maximum absolute atomic E-state index is 6.35. The highest BCUT2D eigenvalue weighted by atomic mass is 16.5. The van der Waals surface area contributed by atoms with Crippen LogP contribution in [0, 0.1) is 5.92 Å². The van der Waals surface area contributed by atoms with Gasteiger partial charge < -0.3 is 10.5 Å². The lowest BCUT2D eigenvalue weighted by Gasteiger charge is -2.17. The van der Waals surface area contributed by atoms with Crippen molar-refractivity contribution in [2.24, 2.45) is 11.7 Å². The predicted octanol–water partition coefficient (Wildman–Crippen LogP) is 2.66. The van der Waals surface area contributed by atoms with Crippen LogP contribution in [0.4, 0.5) is 0 Å². The molecule has 2 aromatic rings. The predicted molar refractivity (Wildman–Crippen MR) is 72.2 cm³/mol. The summed E-state index contributed by atoms with van der Waals surface area (Å²) < 4.78 is 5.41. The van der Waals surface area contributed by atoms with Crippen LogP contribution in [-0.2, 0) is 4.74 Å². The second-order valence-electron chi connectivity index (χ2n) is 5.02. The summed E-state index contributed by atoms with van der Waals surface area (Å²) in [6, 6.07) is 8.34. The molecule has 3 nitrogen and oxygen atoms in total. The van der Waals surface area contributed by atoms with Gasteiger partial charge in [-0.05, 0) is 29.7 Å². The number of aromatic nitrogens is 1. The SMILES string of the molecule is NC(CC1CCOC1)c1cncc2ccccc12. The van der Waals surface area contributed by atoms with E-state index in [-0.39, 0.29) is 6.04 Å². The number of nitrogens with two attached hydrogens (primary N) is 1. The third-order valence-corrected chi connectivity index (χ3v) is 3.71. The molecule has 0 bridgehead atoms. The minimum absolute atomic E-state index is 0.0512. The highest BCUT2D eigenvalue weighted by molar-refractivity contribution is 5.85.